The molecule has 1 aliphatic rings. The fraction of sp³-hybridized carbons (Fsp3) is 0.652. The highest BCUT2D eigenvalue weighted by molar-refractivity contribution is 5.81. The SMILES string of the molecule is Cc1ccc(OCC(=O)N2CCC(NC(=O)C(C)(C)C)CC2)c(C(C)(C)C)c1. The summed E-state index contributed by atoms with van der Waals surface area (Å²) in [6.07, 6.45) is 1.57. The predicted molar refractivity (Wildman–Crippen MR) is 113 cm³/mol. The summed E-state index contributed by atoms with van der Waals surface area (Å²) in [6.45, 7) is 15.6. The first-order valence-electron chi connectivity index (χ1n) is 10.2. The topological polar surface area (TPSA) is 58.6 Å². The van der Waals surface area contributed by atoms with E-state index in [-0.39, 0.29) is 35.3 Å². The summed E-state index contributed by atoms with van der Waals surface area (Å²) in [6, 6.07) is 6.24. The predicted octanol–water partition coefficient (Wildman–Crippen LogP) is 3.82. The third-order valence-electron chi connectivity index (χ3n) is 5.16. The van der Waals surface area contributed by atoms with Crippen molar-refractivity contribution >= 4 is 11.8 Å². The number of hydrogen-bond donors (Lipinski definition) is 1. The lowest BCUT2D eigenvalue weighted by atomic mass is 9.85. The molecule has 0 spiro atoms. The number of hydrogen-bond acceptors (Lipinski definition) is 3. The number of nitrogens with zero attached hydrogens (tertiary/aromatic N) is 1. The summed E-state index contributed by atoms with van der Waals surface area (Å²) in [5.41, 5.74) is 1.86. The highest BCUT2D eigenvalue weighted by Gasteiger charge is 2.28. The Bertz CT molecular complexity index is 706. The molecule has 0 aromatic heterocycles. The molecule has 0 atom stereocenters. The zero-order chi connectivity index (χ0) is 21.1. The molecule has 2 rings (SSSR count). The number of carbonyl (C=O) groups excluding carboxylic acids is 2. The highest BCUT2D eigenvalue weighted by atomic mass is 16.5. The number of likely N-dealkylation sites (tertiary alicyclic amines) is 1. The maximum atomic E-state index is 12.6. The van der Waals surface area contributed by atoms with Crippen molar-refractivity contribution in [1.29, 1.82) is 0 Å². The summed E-state index contributed by atoms with van der Waals surface area (Å²) in [5, 5.41) is 3.10. The molecule has 5 nitrogen and oxygen atoms in total. The molecule has 0 radical (unpaired) electrons. The average Bonchev–Trinajstić information content (AvgIpc) is 2.59. The Morgan fingerprint density at radius 2 is 1.71 bits per heavy atom. The van der Waals surface area contributed by atoms with Gasteiger partial charge < -0.3 is 15.0 Å². The van der Waals surface area contributed by atoms with Crippen LogP contribution >= 0.6 is 0 Å². The van der Waals surface area contributed by atoms with E-state index < -0.39 is 0 Å². The summed E-state index contributed by atoms with van der Waals surface area (Å²) < 4.78 is 5.91. The molecule has 5 heteroatoms. The van der Waals surface area contributed by atoms with Gasteiger partial charge in [-0.15, -0.1) is 0 Å². The second-order valence-corrected chi connectivity index (χ2v) is 9.92. The Hall–Kier alpha value is -2.04. The van der Waals surface area contributed by atoms with E-state index >= 15 is 0 Å². The third kappa shape index (κ3) is 5.98. The molecule has 0 unspecified atom stereocenters. The molecule has 1 heterocycles. The molecular formula is C23H36N2O3. The first-order valence-corrected chi connectivity index (χ1v) is 10.2. The molecule has 28 heavy (non-hydrogen) atoms. The molecular weight excluding hydrogens is 352 g/mol. The van der Waals surface area contributed by atoms with Gasteiger partial charge in [-0.25, -0.2) is 0 Å². The van der Waals surface area contributed by atoms with Gasteiger partial charge in [-0.05, 0) is 36.8 Å². The first-order chi connectivity index (χ1) is 12.9. The molecule has 1 aliphatic heterocycles. The quantitative estimate of drug-likeness (QED) is 0.853. The number of benzene rings is 1. The van der Waals surface area contributed by atoms with Gasteiger partial charge in [-0.2, -0.15) is 0 Å². The monoisotopic (exact) mass is 388 g/mol. The Morgan fingerprint density at radius 1 is 1.11 bits per heavy atom. The molecule has 0 saturated carbocycles. The summed E-state index contributed by atoms with van der Waals surface area (Å²) in [4.78, 5) is 26.6. The van der Waals surface area contributed by atoms with Crippen LogP contribution in [-0.4, -0.2) is 42.5 Å². The average molecular weight is 389 g/mol. The number of amides is 2. The van der Waals surface area contributed by atoms with Crippen LogP contribution in [0.5, 0.6) is 5.75 Å². The van der Waals surface area contributed by atoms with Gasteiger partial charge in [0.05, 0.1) is 0 Å². The van der Waals surface area contributed by atoms with Crippen molar-refractivity contribution in [2.24, 2.45) is 5.41 Å². The highest BCUT2D eigenvalue weighted by Crippen LogP contribution is 2.32. The molecule has 0 bridgehead atoms. The van der Waals surface area contributed by atoms with Crippen molar-refractivity contribution in [3.8, 4) is 5.75 Å². The van der Waals surface area contributed by atoms with Gasteiger partial charge in [0, 0.05) is 24.5 Å². The van der Waals surface area contributed by atoms with Crippen LogP contribution in [0.1, 0.15) is 65.5 Å². The largest absolute Gasteiger partial charge is 0.483 e. The van der Waals surface area contributed by atoms with Crippen molar-refractivity contribution < 1.29 is 14.3 Å². The van der Waals surface area contributed by atoms with E-state index in [0.29, 0.717) is 13.1 Å². The van der Waals surface area contributed by atoms with E-state index in [9.17, 15) is 9.59 Å². The summed E-state index contributed by atoms with van der Waals surface area (Å²) in [7, 11) is 0. The minimum absolute atomic E-state index is 0.000956. The summed E-state index contributed by atoms with van der Waals surface area (Å²) in [5.74, 6) is 0.842. The van der Waals surface area contributed by atoms with Gasteiger partial charge in [0.2, 0.25) is 5.91 Å². The van der Waals surface area contributed by atoms with E-state index in [2.05, 4.69) is 39.1 Å². The minimum Gasteiger partial charge on any atom is -0.483 e. The fourth-order valence-corrected chi connectivity index (χ4v) is 3.26. The number of ether oxygens (including phenoxy) is 1. The molecule has 1 fully saturated rings. The van der Waals surface area contributed by atoms with Crippen LogP contribution in [0.2, 0.25) is 0 Å². The van der Waals surface area contributed by atoms with E-state index in [1.54, 1.807) is 0 Å². The fourth-order valence-electron chi connectivity index (χ4n) is 3.26. The number of rotatable bonds is 4. The maximum Gasteiger partial charge on any atom is 0.260 e. The Labute approximate surface area is 169 Å². The van der Waals surface area contributed by atoms with Crippen molar-refractivity contribution in [2.45, 2.75) is 72.8 Å². The molecule has 1 N–H and O–H groups in total. The van der Waals surface area contributed by atoms with Gasteiger partial charge in [-0.1, -0.05) is 59.2 Å². The van der Waals surface area contributed by atoms with Crippen molar-refractivity contribution in [1.82, 2.24) is 10.2 Å². The first kappa shape index (κ1) is 22.3. The molecule has 1 saturated heterocycles. The molecule has 1 aromatic carbocycles. The van der Waals surface area contributed by atoms with Crippen LogP contribution in [0.3, 0.4) is 0 Å². The van der Waals surface area contributed by atoms with E-state index in [0.717, 1.165) is 24.2 Å². The van der Waals surface area contributed by atoms with Gasteiger partial charge in [-0.3, -0.25) is 9.59 Å². The van der Waals surface area contributed by atoms with Gasteiger partial charge in [0.15, 0.2) is 6.61 Å². The number of piperidine rings is 1. The lowest BCUT2D eigenvalue weighted by Gasteiger charge is -2.34. The van der Waals surface area contributed by atoms with Gasteiger partial charge in [0.1, 0.15) is 5.75 Å². The van der Waals surface area contributed by atoms with Crippen LogP contribution < -0.4 is 10.1 Å². The normalized spacial score (nSPS) is 16.0. The Morgan fingerprint density at radius 3 is 2.25 bits per heavy atom. The van der Waals surface area contributed by atoms with Crippen molar-refractivity contribution in [3.63, 3.8) is 0 Å². The lowest BCUT2D eigenvalue weighted by molar-refractivity contribution is -0.134. The molecule has 156 valence electrons. The molecule has 1 aromatic rings. The van der Waals surface area contributed by atoms with Gasteiger partial charge >= 0.3 is 0 Å². The minimum atomic E-state index is -0.389. The van der Waals surface area contributed by atoms with Crippen LogP contribution in [0.4, 0.5) is 0 Å². The Kier molecular flexibility index (Phi) is 6.79. The van der Waals surface area contributed by atoms with Crippen molar-refractivity contribution in [3.05, 3.63) is 29.3 Å². The lowest BCUT2D eigenvalue weighted by Crippen LogP contribution is -2.49. The van der Waals surface area contributed by atoms with E-state index in [4.69, 9.17) is 4.74 Å². The van der Waals surface area contributed by atoms with Crippen LogP contribution in [0.15, 0.2) is 18.2 Å². The van der Waals surface area contributed by atoms with Crippen LogP contribution in [0.25, 0.3) is 0 Å². The maximum absolute atomic E-state index is 12.6. The smallest absolute Gasteiger partial charge is 0.260 e. The number of carbonyl (C=O) groups is 2. The van der Waals surface area contributed by atoms with Crippen LogP contribution in [0, 0.1) is 12.3 Å². The van der Waals surface area contributed by atoms with E-state index in [1.807, 2.05) is 37.8 Å². The molecule has 0 aliphatic carbocycles. The van der Waals surface area contributed by atoms with Crippen LogP contribution in [-0.2, 0) is 15.0 Å². The second kappa shape index (κ2) is 8.54. The number of aryl methyl sites for hydroxylation is 1. The molecule has 2 amide bonds. The number of nitrogens with one attached hydrogen (secondary N) is 1. The third-order valence-corrected chi connectivity index (χ3v) is 5.16. The second-order valence-electron chi connectivity index (χ2n) is 9.92. The zero-order valence-corrected chi connectivity index (χ0v) is 18.5. The standard InChI is InChI=1S/C23H36N2O3/c1-16-8-9-19(18(14-16)22(2,3)4)28-15-20(26)25-12-10-17(11-13-25)24-21(27)23(5,6)7/h8-9,14,17H,10-13,15H2,1-7H3,(H,24,27). The van der Waals surface area contributed by atoms with Crippen molar-refractivity contribution in [2.75, 3.05) is 19.7 Å². The van der Waals surface area contributed by atoms with E-state index in [1.165, 1.54) is 5.56 Å². The zero-order valence-electron chi connectivity index (χ0n) is 18.5. The Balaban J connectivity index is 1.88. The summed E-state index contributed by atoms with van der Waals surface area (Å²) >= 11 is 0. The van der Waals surface area contributed by atoms with Gasteiger partial charge in [0.25, 0.3) is 5.91 Å².